The Morgan fingerprint density at radius 2 is 0.811 bits per heavy atom. The minimum atomic E-state index is 1.11. The summed E-state index contributed by atoms with van der Waals surface area (Å²) in [6, 6.07) is 20.4. The molecule has 0 aromatic heterocycles. The van der Waals surface area contributed by atoms with Crippen LogP contribution in [-0.2, 0) is 6.42 Å². The maximum absolute atomic E-state index is 2.52. The van der Waals surface area contributed by atoms with Crippen molar-refractivity contribution in [3.63, 3.8) is 0 Å². The molecule has 0 aliphatic carbocycles. The first-order chi connectivity index (χ1) is 18.3. The van der Waals surface area contributed by atoms with Gasteiger partial charge in [-0.25, -0.2) is 0 Å². The van der Waals surface area contributed by atoms with Crippen molar-refractivity contribution in [1.29, 1.82) is 0 Å². The summed E-state index contributed by atoms with van der Waals surface area (Å²) >= 11 is 0. The Morgan fingerprint density at radius 3 is 1.30 bits per heavy atom. The molecular weight excluding hydrogens is 446 g/mol. The average Bonchev–Trinajstić information content (AvgIpc) is 2.94. The van der Waals surface area contributed by atoms with Crippen LogP contribution in [0, 0.1) is 0 Å². The predicted molar refractivity (Wildman–Crippen MR) is 167 cm³/mol. The van der Waals surface area contributed by atoms with Gasteiger partial charge < -0.3 is 4.90 Å². The van der Waals surface area contributed by atoms with Crippen LogP contribution in [0.2, 0.25) is 0 Å². The van der Waals surface area contributed by atoms with Crippen molar-refractivity contribution in [1.82, 2.24) is 0 Å². The van der Waals surface area contributed by atoms with Crippen molar-refractivity contribution in [2.24, 2.45) is 0 Å². The van der Waals surface area contributed by atoms with Crippen LogP contribution < -0.4 is 4.90 Å². The lowest BCUT2D eigenvalue weighted by Gasteiger charge is -2.25. The molecule has 0 atom stereocenters. The van der Waals surface area contributed by atoms with E-state index < -0.39 is 0 Å². The van der Waals surface area contributed by atoms with Crippen molar-refractivity contribution in [3.05, 3.63) is 60.2 Å². The van der Waals surface area contributed by atoms with Crippen molar-refractivity contribution < 1.29 is 0 Å². The van der Waals surface area contributed by atoms with E-state index in [1.165, 1.54) is 152 Å². The maximum atomic E-state index is 2.52. The smallest absolute Gasteiger partial charge is 0.0410 e. The van der Waals surface area contributed by atoms with E-state index in [0.717, 1.165) is 6.54 Å². The third-order valence-corrected chi connectivity index (χ3v) is 7.87. The van der Waals surface area contributed by atoms with Gasteiger partial charge in [0.15, 0.2) is 0 Å². The number of para-hydroxylation sites is 1. The SMILES string of the molecule is CCCCCCCCCCCCc1ccc(N(CCCCCCCCCCCC)c2ccccc2)cc1. The second-order valence-corrected chi connectivity index (χ2v) is 11.3. The summed E-state index contributed by atoms with van der Waals surface area (Å²) in [6.45, 7) is 5.71. The van der Waals surface area contributed by atoms with E-state index in [1.54, 1.807) is 0 Å². The van der Waals surface area contributed by atoms with Gasteiger partial charge in [0, 0.05) is 17.9 Å². The highest BCUT2D eigenvalue weighted by molar-refractivity contribution is 5.63. The second-order valence-electron chi connectivity index (χ2n) is 11.3. The van der Waals surface area contributed by atoms with E-state index >= 15 is 0 Å². The number of benzene rings is 2. The highest BCUT2D eigenvalue weighted by Crippen LogP contribution is 2.27. The van der Waals surface area contributed by atoms with E-state index in [2.05, 4.69) is 73.3 Å². The quantitative estimate of drug-likeness (QED) is 0.128. The number of nitrogens with zero attached hydrogens (tertiary/aromatic N) is 1. The number of rotatable bonds is 24. The van der Waals surface area contributed by atoms with Crippen molar-refractivity contribution >= 4 is 11.4 Å². The van der Waals surface area contributed by atoms with Crippen LogP contribution in [0.4, 0.5) is 11.4 Å². The summed E-state index contributed by atoms with van der Waals surface area (Å²) in [5.41, 5.74) is 4.16. The van der Waals surface area contributed by atoms with Gasteiger partial charge >= 0.3 is 0 Å². The van der Waals surface area contributed by atoms with Crippen LogP contribution in [0.5, 0.6) is 0 Å². The molecule has 0 spiro atoms. The van der Waals surface area contributed by atoms with Crippen molar-refractivity contribution in [3.8, 4) is 0 Å². The molecule has 0 heterocycles. The summed E-state index contributed by atoms with van der Waals surface area (Å²) in [7, 11) is 0. The Labute approximate surface area is 231 Å². The molecule has 2 aromatic rings. The van der Waals surface area contributed by atoms with Gasteiger partial charge in [-0.1, -0.05) is 160 Å². The summed E-state index contributed by atoms with van der Waals surface area (Å²) in [4.78, 5) is 2.52. The van der Waals surface area contributed by atoms with Gasteiger partial charge in [0.05, 0.1) is 0 Å². The zero-order valence-electron chi connectivity index (χ0n) is 24.7. The standard InChI is InChI=1S/C36H59N/c1-3-5-7-9-11-13-15-17-19-22-26-34-29-31-36(32-30-34)37(35-27-23-21-24-28-35)33-25-20-18-16-14-12-10-8-6-4-2/h21,23-24,27-32H,3-20,22,25-26,33H2,1-2H3. The summed E-state index contributed by atoms with van der Waals surface area (Å²) in [6.07, 6.45) is 29.2. The second kappa shape index (κ2) is 22.2. The molecule has 0 bridgehead atoms. The monoisotopic (exact) mass is 505 g/mol. The molecule has 2 rings (SSSR count). The molecule has 0 fully saturated rings. The molecule has 0 aliphatic heterocycles. The lowest BCUT2D eigenvalue weighted by molar-refractivity contribution is 0.556. The molecule has 0 aliphatic rings. The average molecular weight is 506 g/mol. The number of hydrogen-bond acceptors (Lipinski definition) is 1. The fourth-order valence-electron chi connectivity index (χ4n) is 5.43. The van der Waals surface area contributed by atoms with Crippen LogP contribution in [0.1, 0.15) is 148 Å². The summed E-state index contributed by atoms with van der Waals surface area (Å²) < 4.78 is 0. The molecule has 2 aromatic carbocycles. The highest BCUT2D eigenvalue weighted by atomic mass is 15.1. The van der Waals surface area contributed by atoms with E-state index in [4.69, 9.17) is 0 Å². The minimum absolute atomic E-state index is 1.11. The van der Waals surface area contributed by atoms with E-state index in [-0.39, 0.29) is 0 Å². The first-order valence-electron chi connectivity index (χ1n) is 16.3. The lowest BCUT2D eigenvalue weighted by Crippen LogP contribution is -2.18. The van der Waals surface area contributed by atoms with Gasteiger partial charge in [0.2, 0.25) is 0 Å². The summed E-state index contributed by atoms with van der Waals surface area (Å²) in [5.74, 6) is 0. The Bertz CT molecular complexity index is 735. The minimum Gasteiger partial charge on any atom is -0.341 e. The Hall–Kier alpha value is -1.76. The maximum Gasteiger partial charge on any atom is 0.0410 e. The predicted octanol–water partition coefficient (Wildman–Crippen LogP) is 12.2. The van der Waals surface area contributed by atoms with Gasteiger partial charge in [-0.15, -0.1) is 0 Å². The number of aryl methyl sites for hydroxylation is 1. The molecule has 0 unspecified atom stereocenters. The first-order valence-corrected chi connectivity index (χ1v) is 16.3. The van der Waals surface area contributed by atoms with E-state index in [0.29, 0.717) is 0 Å². The van der Waals surface area contributed by atoms with Crippen LogP contribution in [0.15, 0.2) is 54.6 Å². The molecule has 1 nitrogen and oxygen atoms in total. The van der Waals surface area contributed by atoms with Gasteiger partial charge in [-0.3, -0.25) is 0 Å². The largest absolute Gasteiger partial charge is 0.341 e. The fourth-order valence-corrected chi connectivity index (χ4v) is 5.43. The first kappa shape index (κ1) is 31.5. The van der Waals surface area contributed by atoms with Crippen LogP contribution in [0.25, 0.3) is 0 Å². The van der Waals surface area contributed by atoms with Crippen molar-refractivity contribution in [2.45, 2.75) is 149 Å². The molecule has 0 radical (unpaired) electrons. The molecule has 0 N–H and O–H groups in total. The molecule has 0 saturated carbocycles. The van der Waals surface area contributed by atoms with E-state index in [9.17, 15) is 0 Å². The van der Waals surface area contributed by atoms with Crippen LogP contribution in [0.3, 0.4) is 0 Å². The molecular formula is C36H59N. The van der Waals surface area contributed by atoms with Gasteiger partial charge in [-0.05, 0) is 49.1 Å². The number of hydrogen-bond donors (Lipinski definition) is 0. The lowest BCUT2D eigenvalue weighted by atomic mass is 10.0. The van der Waals surface area contributed by atoms with E-state index in [1.807, 2.05) is 0 Å². The van der Waals surface area contributed by atoms with Crippen LogP contribution >= 0.6 is 0 Å². The highest BCUT2D eigenvalue weighted by Gasteiger charge is 2.09. The Morgan fingerprint density at radius 1 is 0.405 bits per heavy atom. The normalized spacial score (nSPS) is 11.2. The third kappa shape index (κ3) is 15.3. The third-order valence-electron chi connectivity index (χ3n) is 7.87. The molecule has 0 saturated heterocycles. The number of unbranched alkanes of at least 4 members (excludes halogenated alkanes) is 18. The van der Waals surface area contributed by atoms with Gasteiger partial charge in [0.1, 0.15) is 0 Å². The topological polar surface area (TPSA) is 3.24 Å². The van der Waals surface area contributed by atoms with Gasteiger partial charge in [0.25, 0.3) is 0 Å². The Balaban J connectivity index is 1.67. The zero-order valence-corrected chi connectivity index (χ0v) is 24.7. The zero-order chi connectivity index (χ0) is 26.2. The fraction of sp³-hybridized carbons (Fsp3) is 0.667. The molecule has 208 valence electrons. The molecule has 0 amide bonds. The van der Waals surface area contributed by atoms with Gasteiger partial charge in [-0.2, -0.15) is 0 Å². The molecule has 37 heavy (non-hydrogen) atoms. The number of anilines is 2. The van der Waals surface area contributed by atoms with Crippen molar-refractivity contribution in [2.75, 3.05) is 11.4 Å². The van der Waals surface area contributed by atoms with Crippen LogP contribution in [-0.4, -0.2) is 6.54 Å². The Kier molecular flexibility index (Phi) is 18.9. The summed E-state index contributed by atoms with van der Waals surface area (Å²) in [5, 5.41) is 0. The molecule has 1 heteroatoms.